The van der Waals surface area contributed by atoms with Crippen LogP contribution < -0.4 is 0 Å². The summed E-state index contributed by atoms with van der Waals surface area (Å²) in [6.45, 7) is -0.161. The fraction of sp³-hybridized carbons (Fsp3) is 0.375. The molecule has 1 heterocycles. The van der Waals surface area contributed by atoms with Gasteiger partial charge < -0.3 is 4.55 Å². The molecule has 1 unspecified atom stereocenters. The fourth-order valence-electron chi connectivity index (χ4n) is 0.790. The van der Waals surface area contributed by atoms with Gasteiger partial charge in [-0.1, -0.05) is 0 Å². The minimum Gasteiger partial charge on any atom is -0.611 e. The zero-order chi connectivity index (χ0) is 8.81. The van der Waals surface area contributed by atoms with Crippen LogP contribution in [0.1, 0.15) is 6.42 Å². The van der Waals surface area contributed by atoms with E-state index in [1.807, 2.05) is 0 Å². The van der Waals surface area contributed by atoms with Gasteiger partial charge in [0.15, 0.2) is 4.90 Å². The standard InChI is InChI=1S/C8H10NO2S/c10-5-2-6-12(11)8-3-1-4-9-7-8/h1,3-4,7H,2,5-6H2. The highest BCUT2D eigenvalue weighted by Gasteiger charge is 2.08. The van der Waals surface area contributed by atoms with Crippen molar-refractivity contribution in [2.45, 2.75) is 11.3 Å². The lowest BCUT2D eigenvalue weighted by atomic mass is 10.5. The van der Waals surface area contributed by atoms with Gasteiger partial charge in [0.25, 0.3) is 0 Å². The Morgan fingerprint density at radius 3 is 3.00 bits per heavy atom. The van der Waals surface area contributed by atoms with Gasteiger partial charge in [-0.05, 0) is 23.3 Å². The molecule has 65 valence electrons. The summed E-state index contributed by atoms with van der Waals surface area (Å²) in [7, 11) is 0. The van der Waals surface area contributed by atoms with Crippen LogP contribution in [0.4, 0.5) is 0 Å². The Bertz CT molecular complexity index is 218. The van der Waals surface area contributed by atoms with Crippen molar-refractivity contribution in [3.05, 3.63) is 24.5 Å². The Kier molecular flexibility index (Phi) is 4.07. The lowest BCUT2D eigenvalue weighted by Gasteiger charge is -2.07. The van der Waals surface area contributed by atoms with E-state index in [1.165, 1.54) is 0 Å². The number of aromatic nitrogens is 1. The van der Waals surface area contributed by atoms with Crippen LogP contribution >= 0.6 is 0 Å². The largest absolute Gasteiger partial charge is 0.611 e. The van der Waals surface area contributed by atoms with Crippen molar-refractivity contribution in [3.8, 4) is 0 Å². The second-order valence-corrected chi connectivity index (χ2v) is 3.87. The minimum atomic E-state index is -1.05. The molecule has 0 N–H and O–H groups in total. The maximum atomic E-state index is 11.3. The first-order valence-corrected chi connectivity index (χ1v) is 5.03. The second-order valence-electron chi connectivity index (χ2n) is 2.30. The molecule has 0 aromatic carbocycles. The lowest BCUT2D eigenvalue weighted by Crippen LogP contribution is -2.07. The molecule has 1 atom stereocenters. The minimum absolute atomic E-state index is 0.161. The molecule has 0 spiro atoms. The molecule has 0 amide bonds. The molecule has 3 nitrogen and oxygen atoms in total. The van der Waals surface area contributed by atoms with Gasteiger partial charge in [-0.3, -0.25) is 4.98 Å². The number of pyridine rings is 1. The van der Waals surface area contributed by atoms with Gasteiger partial charge in [0.05, 0.1) is 12.8 Å². The van der Waals surface area contributed by atoms with Crippen molar-refractivity contribution >= 4 is 11.2 Å². The predicted octanol–water partition coefficient (Wildman–Crippen LogP) is 1.01. The quantitative estimate of drug-likeness (QED) is 0.656. The monoisotopic (exact) mass is 184 g/mol. The van der Waals surface area contributed by atoms with Gasteiger partial charge in [0, 0.05) is 12.6 Å². The average Bonchev–Trinajstić information content (AvgIpc) is 2.15. The van der Waals surface area contributed by atoms with Crippen LogP contribution in [0.25, 0.3) is 0 Å². The van der Waals surface area contributed by atoms with E-state index < -0.39 is 11.2 Å². The van der Waals surface area contributed by atoms with Gasteiger partial charge in [0.1, 0.15) is 5.75 Å². The van der Waals surface area contributed by atoms with Crippen LogP contribution in [0.2, 0.25) is 0 Å². The number of hydrogen-bond acceptors (Lipinski definition) is 2. The molecule has 0 fully saturated rings. The molecule has 0 bridgehead atoms. The zero-order valence-corrected chi connectivity index (χ0v) is 7.42. The second kappa shape index (κ2) is 5.13. The molecule has 0 saturated carbocycles. The van der Waals surface area contributed by atoms with Crippen molar-refractivity contribution in [2.24, 2.45) is 0 Å². The highest BCUT2D eigenvalue weighted by atomic mass is 32.2. The summed E-state index contributed by atoms with van der Waals surface area (Å²) in [4.78, 5) is 4.54. The molecule has 1 aromatic heterocycles. The van der Waals surface area contributed by atoms with Crippen LogP contribution in [0, 0.1) is 0 Å². The summed E-state index contributed by atoms with van der Waals surface area (Å²) < 4.78 is 11.3. The van der Waals surface area contributed by atoms with E-state index in [-0.39, 0.29) is 6.61 Å². The highest BCUT2D eigenvalue weighted by molar-refractivity contribution is 7.91. The number of rotatable bonds is 4. The summed E-state index contributed by atoms with van der Waals surface area (Å²) in [5.41, 5.74) is 0. The third-order valence-corrected chi connectivity index (χ3v) is 2.80. The van der Waals surface area contributed by atoms with Crippen LogP contribution in [0.3, 0.4) is 0 Å². The van der Waals surface area contributed by atoms with Gasteiger partial charge in [0.2, 0.25) is 0 Å². The summed E-state index contributed by atoms with van der Waals surface area (Å²) >= 11 is -1.05. The molecule has 1 aromatic rings. The summed E-state index contributed by atoms with van der Waals surface area (Å²) in [5.74, 6) is 0.440. The topological polar surface area (TPSA) is 55.8 Å². The Hall–Kier alpha value is -0.580. The molecule has 1 radical (unpaired) electrons. The molecule has 12 heavy (non-hydrogen) atoms. The van der Waals surface area contributed by atoms with Crippen LogP contribution in [-0.2, 0) is 16.3 Å². The number of nitrogens with zero attached hydrogens (tertiary/aromatic N) is 1. The van der Waals surface area contributed by atoms with Crippen LogP contribution in [-0.4, -0.2) is 21.9 Å². The predicted molar refractivity (Wildman–Crippen MR) is 45.7 cm³/mol. The van der Waals surface area contributed by atoms with Crippen molar-refractivity contribution in [1.82, 2.24) is 4.98 Å². The molecular formula is C8H10NO2S. The van der Waals surface area contributed by atoms with Gasteiger partial charge in [-0.15, -0.1) is 0 Å². The van der Waals surface area contributed by atoms with Crippen molar-refractivity contribution in [2.75, 3.05) is 12.4 Å². The van der Waals surface area contributed by atoms with Crippen LogP contribution in [0.5, 0.6) is 0 Å². The van der Waals surface area contributed by atoms with E-state index in [0.29, 0.717) is 17.1 Å². The molecular weight excluding hydrogens is 174 g/mol. The Morgan fingerprint density at radius 2 is 2.42 bits per heavy atom. The first kappa shape index (κ1) is 9.51. The van der Waals surface area contributed by atoms with Gasteiger partial charge in [-0.2, -0.15) is 0 Å². The number of hydrogen-bond donors (Lipinski definition) is 0. The van der Waals surface area contributed by atoms with E-state index in [9.17, 15) is 9.66 Å². The third kappa shape index (κ3) is 2.81. The summed E-state index contributed by atoms with van der Waals surface area (Å²) in [6, 6.07) is 3.50. The van der Waals surface area contributed by atoms with Gasteiger partial charge in [-0.25, -0.2) is 5.11 Å². The SMILES string of the molecule is [O]CCC[S+]([O-])c1cccnc1. The van der Waals surface area contributed by atoms with Gasteiger partial charge >= 0.3 is 0 Å². The zero-order valence-electron chi connectivity index (χ0n) is 6.60. The molecule has 4 heteroatoms. The normalized spacial score (nSPS) is 12.8. The first-order chi connectivity index (χ1) is 5.84. The fourth-order valence-corrected chi connectivity index (χ4v) is 1.81. The Labute approximate surface area is 74.6 Å². The molecule has 0 aliphatic carbocycles. The highest BCUT2D eigenvalue weighted by Crippen LogP contribution is 2.08. The van der Waals surface area contributed by atoms with E-state index >= 15 is 0 Å². The van der Waals surface area contributed by atoms with Crippen molar-refractivity contribution < 1.29 is 9.66 Å². The smallest absolute Gasteiger partial charge is 0.170 e. The van der Waals surface area contributed by atoms with E-state index in [0.717, 1.165) is 0 Å². The van der Waals surface area contributed by atoms with Crippen LogP contribution in [0.15, 0.2) is 29.4 Å². The van der Waals surface area contributed by atoms with Crippen molar-refractivity contribution in [3.63, 3.8) is 0 Å². The van der Waals surface area contributed by atoms with Crippen molar-refractivity contribution in [1.29, 1.82) is 0 Å². The molecule has 1 rings (SSSR count). The summed E-state index contributed by atoms with van der Waals surface area (Å²) in [6.07, 6.45) is 3.66. The first-order valence-electron chi connectivity index (χ1n) is 3.71. The average molecular weight is 184 g/mol. The maximum absolute atomic E-state index is 11.3. The van der Waals surface area contributed by atoms with E-state index in [4.69, 9.17) is 0 Å². The molecule has 0 aliphatic rings. The summed E-state index contributed by atoms with van der Waals surface area (Å²) in [5, 5.41) is 10.1. The van der Waals surface area contributed by atoms with E-state index in [2.05, 4.69) is 4.98 Å². The third-order valence-electron chi connectivity index (χ3n) is 1.37. The molecule has 0 aliphatic heterocycles. The van der Waals surface area contributed by atoms with E-state index in [1.54, 1.807) is 24.5 Å². The molecule has 0 saturated heterocycles. The Morgan fingerprint density at radius 1 is 1.58 bits per heavy atom. The Balaban J connectivity index is 2.48. The maximum Gasteiger partial charge on any atom is 0.170 e. The lowest BCUT2D eigenvalue weighted by molar-refractivity contribution is 0.194.